The molecule has 0 bridgehead atoms. The number of halogens is 1. The lowest BCUT2D eigenvalue weighted by atomic mass is 9.94. The molecule has 0 spiro atoms. The highest BCUT2D eigenvalue weighted by molar-refractivity contribution is 6.05. The fourth-order valence-corrected chi connectivity index (χ4v) is 3.67. The molecule has 0 aliphatic carbocycles. The molecular weight excluding hydrogens is 409 g/mol. The molecule has 0 saturated heterocycles. The zero-order chi connectivity index (χ0) is 22.1. The van der Waals surface area contributed by atoms with Crippen molar-refractivity contribution in [3.63, 3.8) is 0 Å². The summed E-state index contributed by atoms with van der Waals surface area (Å²) in [6, 6.07) is 14.3. The van der Waals surface area contributed by atoms with Gasteiger partial charge in [0.2, 0.25) is 5.95 Å². The van der Waals surface area contributed by atoms with Crippen LogP contribution in [-0.4, -0.2) is 30.6 Å². The maximum absolute atomic E-state index is 14.9. The predicted molar refractivity (Wildman–Crippen MR) is 117 cm³/mol. The average molecular weight is 427 g/mol. The Balaban J connectivity index is 1.63. The molecule has 158 valence electrons. The van der Waals surface area contributed by atoms with Gasteiger partial charge in [0.25, 0.3) is 5.91 Å². The van der Waals surface area contributed by atoms with E-state index in [4.69, 9.17) is 0 Å². The summed E-state index contributed by atoms with van der Waals surface area (Å²) in [5.74, 6) is 0.362. The van der Waals surface area contributed by atoms with Crippen LogP contribution in [0.25, 0.3) is 11.4 Å². The van der Waals surface area contributed by atoms with E-state index in [-0.39, 0.29) is 0 Å². The van der Waals surface area contributed by atoms with Crippen LogP contribution in [0.4, 0.5) is 16.2 Å². The Kier molecular flexibility index (Phi) is 4.91. The van der Waals surface area contributed by atoms with Gasteiger partial charge in [-0.3, -0.25) is 9.78 Å². The minimum absolute atomic E-state index is 0.309. The van der Waals surface area contributed by atoms with Crippen LogP contribution in [0.15, 0.2) is 84.5 Å². The second-order valence-corrected chi connectivity index (χ2v) is 7.20. The number of aromatic nitrogens is 5. The third kappa shape index (κ3) is 3.49. The summed E-state index contributed by atoms with van der Waals surface area (Å²) in [7, 11) is 0. The van der Waals surface area contributed by atoms with Crippen LogP contribution in [0.2, 0.25) is 0 Å². The van der Waals surface area contributed by atoms with Gasteiger partial charge in [0, 0.05) is 35.4 Å². The van der Waals surface area contributed by atoms with E-state index in [1.807, 2.05) is 6.07 Å². The Bertz CT molecular complexity index is 1320. The standard InChI is InChI=1S/C23H18FN7O/c1-14-19(22(32)28-18-10-4-5-12-26-18)20(16-8-2-3-9-17(16)24)31-23(27-14)29-21(30-31)15-7-6-11-25-13-15/h2-13,20H,1H3,(H,26,28,32)(H,27,29,30). The molecule has 1 atom stereocenters. The number of rotatable bonds is 4. The van der Waals surface area contributed by atoms with Gasteiger partial charge in [0.1, 0.15) is 17.7 Å². The van der Waals surface area contributed by atoms with Crippen LogP contribution in [-0.2, 0) is 4.79 Å². The summed E-state index contributed by atoms with van der Waals surface area (Å²) >= 11 is 0. The second-order valence-electron chi connectivity index (χ2n) is 7.20. The number of hydrogen-bond acceptors (Lipinski definition) is 6. The highest BCUT2D eigenvalue weighted by atomic mass is 19.1. The van der Waals surface area contributed by atoms with Crippen LogP contribution < -0.4 is 10.6 Å². The fraction of sp³-hybridized carbons (Fsp3) is 0.0870. The van der Waals surface area contributed by atoms with E-state index in [0.29, 0.717) is 40.0 Å². The largest absolute Gasteiger partial charge is 0.328 e. The lowest BCUT2D eigenvalue weighted by Crippen LogP contribution is -2.32. The molecule has 1 aliphatic heterocycles. The first-order chi connectivity index (χ1) is 15.6. The van der Waals surface area contributed by atoms with Crippen molar-refractivity contribution in [3.8, 4) is 11.4 Å². The Morgan fingerprint density at radius 2 is 1.94 bits per heavy atom. The zero-order valence-corrected chi connectivity index (χ0v) is 17.0. The van der Waals surface area contributed by atoms with E-state index >= 15 is 0 Å². The van der Waals surface area contributed by atoms with Gasteiger partial charge >= 0.3 is 0 Å². The molecule has 4 aromatic rings. The second kappa shape index (κ2) is 8.03. The Morgan fingerprint density at radius 1 is 1.09 bits per heavy atom. The molecule has 0 fully saturated rings. The molecule has 2 N–H and O–H groups in total. The van der Waals surface area contributed by atoms with Crippen molar-refractivity contribution in [2.75, 3.05) is 10.6 Å². The molecule has 9 heteroatoms. The van der Waals surface area contributed by atoms with Gasteiger partial charge in [-0.2, -0.15) is 4.98 Å². The summed E-state index contributed by atoms with van der Waals surface area (Å²) in [5, 5.41) is 10.5. The van der Waals surface area contributed by atoms with Gasteiger partial charge in [-0.25, -0.2) is 14.1 Å². The summed E-state index contributed by atoms with van der Waals surface area (Å²) < 4.78 is 16.5. The third-order valence-corrected chi connectivity index (χ3v) is 5.12. The van der Waals surface area contributed by atoms with Gasteiger partial charge in [0.15, 0.2) is 5.82 Å². The zero-order valence-electron chi connectivity index (χ0n) is 17.0. The topological polar surface area (TPSA) is 97.6 Å². The number of carbonyl (C=O) groups is 1. The number of anilines is 2. The number of nitrogens with one attached hydrogen (secondary N) is 2. The maximum atomic E-state index is 14.9. The summed E-state index contributed by atoms with van der Waals surface area (Å²) in [4.78, 5) is 26.1. The van der Waals surface area contributed by atoms with E-state index in [1.165, 1.54) is 10.7 Å². The molecular formula is C23H18FN7O. The van der Waals surface area contributed by atoms with Crippen molar-refractivity contribution in [2.45, 2.75) is 13.0 Å². The number of hydrogen-bond donors (Lipinski definition) is 2. The van der Waals surface area contributed by atoms with Gasteiger partial charge in [-0.15, -0.1) is 5.10 Å². The first-order valence-corrected chi connectivity index (χ1v) is 9.93. The van der Waals surface area contributed by atoms with Gasteiger partial charge in [-0.1, -0.05) is 24.3 Å². The van der Waals surface area contributed by atoms with Crippen molar-refractivity contribution in [2.24, 2.45) is 0 Å². The SMILES string of the molecule is CC1=C(C(=O)Nc2ccccn2)C(c2ccccc2F)n2nc(-c3cccnc3)nc2N1. The molecule has 5 rings (SSSR count). The molecule has 1 aromatic carbocycles. The van der Waals surface area contributed by atoms with Gasteiger partial charge in [0.05, 0.1) is 5.57 Å². The molecule has 4 heterocycles. The highest BCUT2D eigenvalue weighted by Crippen LogP contribution is 2.37. The van der Waals surface area contributed by atoms with Crippen molar-refractivity contribution in [1.29, 1.82) is 0 Å². The van der Waals surface area contributed by atoms with Crippen LogP contribution in [0.5, 0.6) is 0 Å². The van der Waals surface area contributed by atoms with Crippen LogP contribution >= 0.6 is 0 Å². The lowest BCUT2D eigenvalue weighted by Gasteiger charge is -2.28. The average Bonchev–Trinajstić information content (AvgIpc) is 3.23. The van der Waals surface area contributed by atoms with E-state index in [0.717, 1.165) is 0 Å². The highest BCUT2D eigenvalue weighted by Gasteiger charge is 2.36. The monoisotopic (exact) mass is 427 g/mol. The van der Waals surface area contributed by atoms with Crippen LogP contribution in [0.3, 0.4) is 0 Å². The molecule has 1 aliphatic rings. The normalized spacial score (nSPS) is 15.1. The molecule has 1 unspecified atom stereocenters. The predicted octanol–water partition coefficient (Wildman–Crippen LogP) is 3.80. The first-order valence-electron chi connectivity index (χ1n) is 9.93. The first kappa shape index (κ1) is 19.6. The lowest BCUT2D eigenvalue weighted by molar-refractivity contribution is -0.113. The van der Waals surface area contributed by atoms with E-state index in [9.17, 15) is 9.18 Å². The van der Waals surface area contributed by atoms with Crippen molar-refractivity contribution in [3.05, 3.63) is 95.8 Å². The van der Waals surface area contributed by atoms with Crippen molar-refractivity contribution in [1.82, 2.24) is 24.7 Å². The van der Waals surface area contributed by atoms with E-state index in [2.05, 4.69) is 30.7 Å². The summed E-state index contributed by atoms with van der Waals surface area (Å²) in [6.07, 6.45) is 4.89. The smallest absolute Gasteiger partial charge is 0.257 e. The Labute approximate surface area is 182 Å². The third-order valence-electron chi connectivity index (χ3n) is 5.12. The summed E-state index contributed by atoms with van der Waals surface area (Å²) in [5.41, 5.74) is 1.88. The Hall–Kier alpha value is -4.40. The van der Waals surface area contributed by atoms with Gasteiger partial charge < -0.3 is 10.6 Å². The Morgan fingerprint density at radius 3 is 2.69 bits per heavy atom. The molecule has 1 amide bonds. The quantitative estimate of drug-likeness (QED) is 0.514. The molecule has 32 heavy (non-hydrogen) atoms. The minimum Gasteiger partial charge on any atom is -0.328 e. The number of fused-ring (bicyclic) bond motifs is 1. The number of carbonyl (C=O) groups excluding carboxylic acids is 1. The van der Waals surface area contributed by atoms with E-state index < -0.39 is 17.8 Å². The van der Waals surface area contributed by atoms with Gasteiger partial charge in [-0.05, 0) is 37.3 Å². The number of nitrogens with zero attached hydrogens (tertiary/aromatic N) is 5. The summed E-state index contributed by atoms with van der Waals surface area (Å²) in [6.45, 7) is 1.75. The molecule has 3 aromatic heterocycles. The van der Waals surface area contributed by atoms with Crippen molar-refractivity contribution < 1.29 is 9.18 Å². The number of benzene rings is 1. The minimum atomic E-state index is -0.825. The molecule has 0 saturated carbocycles. The molecule has 0 radical (unpaired) electrons. The number of pyridine rings is 2. The fourth-order valence-electron chi connectivity index (χ4n) is 3.67. The van der Waals surface area contributed by atoms with Crippen molar-refractivity contribution >= 4 is 17.7 Å². The van der Waals surface area contributed by atoms with Crippen LogP contribution in [0, 0.1) is 5.82 Å². The van der Waals surface area contributed by atoms with E-state index in [1.54, 1.807) is 68.0 Å². The maximum Gasteiger partial charge on any atom is 0.257 e. The molecule has 8 nitrogen and oxygen atoms in total. The number of allylic oxidation sites excluding steroid dienone is 1. The number of amides is 1. The van der Waals surface area contributed by atoms with Crippen LogP contribution in [0.1, 0.15) is 18.5 Å².